The molecule has 5 heteroatoms. The monoisotopic (exact) mass is 311 g/mol. The molecule has 0 saturated heterocycles. The van der Waals surface area contributed by atoms with Gasteiger partial charge in [0, 0.05) is 4.90 Å². The molecule has 1 aromatic rings. The summed E-state index contributed by atoms with van der Waals surface area (Å²) in [7, 11) is 3.27. The van der Waals surface area contributed by atoms with E-state index in [1.54, 1.807) is 23.9 Å². The lowest BCUT2D eigenvalue weighted by Crippen LogP contribution is -2.53. The number of carbonyl (C=O) groups is 1. The van der Waals surface area contributed by atoms with Gasteiger partial charge in [-0.15, -0.1) is 11.8 Å². The molecular weight excluding hydrogens is 289 g/mol. The summed E-state index contributed by atoms with van der Waals surface area (Å²) in [6.45, 7) is 0. The maximum atomic E-state index is 13.1. The van der Waals surface area contributed by atoms with E-state index in [2.05, 4.69) is 5.32 Å². The Bertz CT molecular complexity index is 497. The van der Waals surface area contributed by atoms with Crippen LogP contribution in [0, 0.1) is 11.7 Å². The van der Waals surface area contributed by atoms with Crippen molar-refractivity contribution in [2.24, 2.45) is 5.92 Å². The first kappa shape index (κ1) is 16.3. The average Bonchev–Trinajstić information content (AvgIpc) is 2.90. The molecule has 1 aliphatic carbocycles. The largest absolute Gasteiger partial charge is 0.468 e. The minimum atomic E-state index is -0.544. The predicted octanol–water partition coefficient (Wildman–Crippen LogP) is 3.24. The lowest BCUT2D eigenvalue weighted by molar-refractivity contribution is -0.150. The van der Waals surface area contributed by atoms with Crippen LogP contribution in [0.1, 0.15) is 25.7 Å². The quantitative estimate of drug-likeness (QED) is 0.646. The summed E-state index contributed by atoms with van der Waals surface area (Å²) in [4.78, 5) is 13.0. The molecule has 2 atom stereocenters. The number of halogens is 1. The SMILES string of the molecule is CNC1(C(=O)OC)CCCC1CCSc1cccc(F)c1. The van der Waals surface area contributed by atoms with Gasteiger partial charge in [-0.05, 0) is 56.2 Å². The average molecular weight is 311 g/mol. The Morgan fingerprint density at radius 2 is 2.38 bits per heavy atom. The van der Waals surface area contributed by atoms with E-state index in [0.717, 1.165) is 36.3 Å². The second-order valence-corrected chi connectivity index (χ2v) is 6.56. The molecule has 1 aromatic carbocycles. The number of rotatable bonds is 6. The van der Waals surface area contributed by atoms with Crippen LogP contribution >= 0.6 is 11.8 Å². The molecule has 0 heterocycles. The van der Waals surface area contributed by atoms with Gasteiger partial charge in [0.25, 0.3) is 0 Å². The summed E-state index contributed by atoms with van der Waals surface area (Å²) < 4.78 is 18.1. The maximum absolute atomic E-state index is 13.1. The van der Waals surface area contributed by atoms with Crippen molar-refractivity contribution >= 4 is 17.7 Å². The van der Waals surface area contributed by atoms with Crippen LogP contribution in [0.2, 0.25) is 0 Å². The van der Waals surface area contributed by atoms with Gasteiger partial charge in [-0.3, -0.25) is 4.79 Å². The highest BCUT2D eigenvalue weighted by molar-refractivity contribution is 7.99. The van der Waals surface area contributed by atoms with Crippen LogP contribution in [0.4, 0.5) is 4.39 Å². The Kier molecular flexibility index (Phi) is 5.65. The molecule has 2 unspecified atom stereocenters. The van der Waals surface area contributed by atoms with Crippen LogP contribution in [-0.2, 0) is 9.53 Å². The molecule has 0 bridgehead atoms. The Hall–Kier alpha value is -1.07. The Morgan fingerprint density at radius 3 is 3.05 bits per heavy atom. The Morgan fingerprint density at radius 1 is 1.57 bits per heavy atom. The minimum Gasteiger partial charge on any atom is -0.468 e. The summed E-state index contributed by atoms with van der Waals surface area (Å²) in [6, 6.07) is 6.63. The third-order valence-corrected chi connectivity index (χ3v) is 5.37. The molecule has 1 N–H and O–H groups in total. The van der Waals surface area contributed by atoms with E-state index in [1.807, 2.05) is 13.1 Å². The zero-order valence-electron chi connectivity index (χ0n) is 12.5. The molecule has 0 aromatic heterocycles. The number of ether oxygens (including phenoxy) is 1. The van der Waals surface area contributed by atoms with Gasteiger partial charge < -0.3 is 10.1 Å². The van der Waals surface area contributed by atoms with Crippen LogP contribution in [0.15, 0.2) is 29.2 Å². The summed E-state index contributed by atoms with van der Waals surface area (Å²) in [5.74, 6) is 0.772. The van der Waals surface area contributed by atoms with Gasteiger partial charge in [0.2, 0.25) is 0 Å². The van der Waals surface area contributed by atoms with Crippen molar-refractivity contribution < 1.29 is 13.9 Å². The topological polar surface area (TPSA) is 38.3 Å². The number of hydrogen-bond donors (Lipinski definition) is 1. The number of benzene rings is 1. The van der Waals surface area contributed by atoms with Gasteiger partial charge in [-0.2, -0.15) is 0 Å². The second kappa shape index (κ2) is 7.27. The Labute approximate surface area is 129 Å². The molecule has 1 fully saturated rings. The van der Waals surface area contributed by atoms with Crippen molar-refractivity contribution in [2.45, 2.75) is 36.1 Å². The van der Waals surface area contributed by atoms with Crippen molar-refractivity contribution in [3.05, 3.63) is 30.1 Å². The fraction of sp³-hybridized carbons (Fsp3) is 0.562. The van der Waals surface area contributed by atoms with E-state index in [9.17, 15) is 9.18 Å². The van der Waals surface area contributed by atoms with Crippen molar-refractivity contribution in [1.29, 1.82) is 0 Å². The minimum absolute atomic E-state index is 0.164. The highest BCUT2D eigenvalue weighted by atomic mass is 32.2. The molecule has 2 rings (SSSR count). The first-order valence-electron chi connectivity index (χ1n) is 7.28. The van der Waals surface area contributed by atoms with Crippen molar-refractivity contribution in [2.75, 3.05) is 19.9 Å². The van der Waals surface area contributed by atoms with Crippen LogP contribution in [0.5, 0.6) is 0 Å². The van der Waals surface area contributed by atoms with Crippen LogP contribution in [0.25, 0.3) is 0 Å². The van der Waals surface area contributed by atoms with Gasteiger partial charge in [-0.1, -0.05) is 12.5 Å². The van der Waals surface area contributed by atoms with E-state index < -0.39 is 5.54 Å². The summed E-state index contributed by atoms with van der Waals surface area (Å²) >= 11 is 1.63. The number of carbonyl (C=O) groups excluding carboxylic acids is 1. The molecule has 0 amide bonds. The summed E-state index contributed by atoms with van der Waals surface area (Å²) in [5, 5.41) is 3.19. The highest BCUT2D eigenvalue weighted by Crippen LogP contribution is 2.39. The molecule has 0 spiro atoms. The molecule has 1 aliphatic rings. The number of likely N-dealkylation sites (N-methyl/N-ethyl adjacent to an activating group) is 1. The van der Waals surface area contributed by atoms with Crippen LogP contribution < -0.4 is 5.32 Å². The normalized spacial score (nSPS) is 25.0. The summed E-state index contributed by atoms with van der Waals surface area (Å²) in [6.07, 6.45) is 3.80. The smallest absolute Gasteiger partial charge is 0.326 e. The van der Waals surface area contributed by atoms with Gasteiger partial charge in [0.15, 0.2) is 0 Å². The second-order valence-electron chi connectivity index (χ2n) is 5.40. The van der Waals surface area contributed by atoms with Crippen molar-refractivity contribution in [3.8, 4) is 0 Å². The number of thioether (sulfide) groups is 1. The molecule has 3 nitrogen and oxygen atoms in total. The van der Waals surface area contributed by atoms with Gasteiger partial charge in [-0.25, -0.2) is 4.39 Å². The maximum Gasteiger partial charge on any atom is 0.326 e. The number of esters is 1. The van der Waals surface area contributed by atoms with Crippen molar-refractivity contribution in [3.63, 3.8) is 0 Å². The zero-order chi connectivity index (χ0) is 15.3. The molecule has 21 heavy (non-hydrogen) atoms. The molecular formula is C16H22FNO2S. The van der Waals surface area contributed by atoms with Gasteiger partial charge in [0.05, 0.1) is 7.11 Å². The fourth-order valence-corrected chi connectivity index (χ4v) is 4.24. The first-order valence-corrected chi connectivity index (χ1v) is 8.26. The summed E-state index contributed by atoms with van der Waals surface area (Å²) in [5.41, 5.74) is -0.544. The predicted molar refractivity (Wildman–Crippen MR) is 82.9 cm³/mol. The molecule has 1 saturated carbocycles. The van der Waals surface area contributed by atoms with E-state index in [1.165, 1.54) is 13.2 Å². The third kappa shape index (κ3) is 3.58. The van der Waals surface area contributed by atoms with E-state index in [-0.39, 0.29) is 17.7 Å². The lowest BCUT2D eigenvalue weighted by atomic mass is 9.85. The van der Waals surface area contributed by atoms with E-state index in [4.69, 9.17) is 4.74 Å². The lowest BCUT2D eigenvalue weighted by Gasteiger charge is -2.32. The van der Waals surface area contributed by atoms with Crippen LogP contribution in [-0.4, -0.2) is 31.4 Å². The third-order valence-electron chi connectivity index (χ3n) is 4.35. The number of methoxy groups -OCH3 is 1. The first-order chi connectivity index (χ1) is 10.1. The van der Waals surface area contributed by atoms with E-state index in [0.29, 0.717) is 0 Å². The zero-order valence-corrected chi connectivity index (χ0v) is 13.3. The number of hydrogen-bond acceptors (Lipinski definition) is 4. The fourth-order valence-electron chi connectivity index (χ4n) is 3.23. The highest BCUT2D eigenvalue weighted by Gasteiger charge is 2.48. The number of nitrogens with one attached hydrogen (secondary N) is 1. The van der Waals surface area contributed by atoms with Crippen LogP contribution in [0.3, 0.4) is 0 Å². The van der Waals surface area contributed by atoms with Gasteiger partial charge >= 0.3 is 5.97 Å². The molecule has 0 radical (unpaired) electrons. The van der Waals surface area contributed by atoms with E-state index >= 15 is 0 Å². The molecule has 0 aliphatic heterocycles. The van der Waals surface area contributed by atoms with Gasteiger partial charge in [0.1, 0.15) is 11.4 Å². The standard InChI is InChI=1S/C16H22FNO2S/c1-18-16(15(19)20-2)9-4-5-12(16)8-10-21-14-7-3-6-13(17)11-14/h3,6-7,11-12,18H,4-5,8-10H2,1-2H3. The Balaban J connectivity index is 1.94. The van der Waals surface area contributed by atoms with Crippen molar-refractivity contribution in [1.82, 2.24) is 5.32 Å². The molecule has 116 valence electrons.